The first-order chi connectivity index (χ1) is 11.9. The zero-order valence-electron chi connectivity index (χ0n) is 14.9. The highest BCUT2D eigenvalue weighted by molar-refractivity contribution is 5.96. The van der Waals surface area contributed by atoms with E-state index < -0.39 is 0 Å². The fraction of sp³-hybridized carbons (Fsp3) is 0.647. The third kappa shape index (κ3) is 3.58. The number of carbonyl (C=O) groups is 3. The molecule has 25 heavy (non-hydrogen) atoms. The number of hydrogen-bond donors (Lipinski definition) is 1. The van der Waals surface area contributed by atoms with Gasteiger partial charge in [-0.05, 0) is 20.8 Å². The highest BCUT2D eigenvalue weighted by Crippen LogP contribution is 2.17. The van der Waals surface area contributed by atoms with E-state index in [1.165, 1.54) is 6.92 Å². The van der Waals surface area contributed by atoms with E-state index >= 15 is 0 Å². The topological polar surface area (TPSA) is 93.5 Å². The van der Waals surface area contributed by atoms with Crippen LogP contribution >= 0.6 is 0 Å². The van der Waals surface area contributed by atoms with Gasteiger partial charge in [0.25, 0.3) is 0 Å². The van der Waals surface area contributed by atoms with E-state index in [2.05, 4.69) is 10.4 Å². The Bertz CT molecular complexity index is 712. The molecule has 1 aromatic rings. The quantitative estimate of drug-likeness (QED) is 0.777. The van der Waals surface area contributed by atoms with Crippen molar-refractivity contribution in [1.29, 1.82) is 0 Å². The summed E-state index contributed by atoms with van der Waals surface area (Å²) in [5.74, 6) is -0.375. The van der Waals surface area contributed by atoms with E-state index in [4.69, 9.17) is 4.74 Å². The molecule has 2 saturated heterocycles. The Hall–Kier alpha value is -2.22. The smallest absolute Gasteiger partial charge is 0.227 e. The number of ether oxygens (including phenoxy) is 1. The summed E-state index contributed by atoms with van der Waals surface area (Å²) >= 11 is 0. The molecule has 1 N–H and O–H groups in total. The van der Waals surface area contributed by atoms with Crippen LogP contribution in [0.25, 0.3) is 0 Å². The molecular weight excluding hydrogens is 324 g/mol. The predicted octanol–water partition coefficient (Wildman–Crippen LogP) is 0.0660. The molecule has 1 aromatic heterocycles. The zero-order chi connectivity index (χ0) is 18.1. The van der Waals surface area contributed by atoms with Crippen LogP contribution in [0.5, 0.6) is 0 Å². The fourth-order valence-electron chi connectivity index (χ4n) is 3.62. The number of carbonyl (C=O) groups excluding carboxylic acids is 3. The van der Waals surface area contributed by atoms with Crippen LogP contribution in [-0.2, 0) is 20.9 Å². The molecule has 3 rings (SSSR count). The number of hydrogen-bond acceptors (Lipinski definition) is 5. The molecule has 2 atom stereocenters. The maximum Gasteiger partial charge on any atom is 0.227 e. The van der Waals surface area contributed by atoms with Gasteiger partial charge >= 0.3 is 0 Å². The van der Waals surface area contributed by atoms with Crippen molar-refractivity contribution < 1.29 is 19.1 Å². The standard InChI is InChI=1S/C17H24N4O4/c1-10-16(12(3)22)11(2)21(19-10)5-4-15(23)20-6-13-8-25-9-14(7-20)18-17(13)24/h13-14H,4-9H2,1-3H3,(H,18,24)/t13-,14+/m1/s1. The second-order valence-electron chi connectivity index (χ2n) is 6.81. The third-order valence-electron chi connectivity index (χ3n) is 4.86. The molecule has 136 valence electrons. The average Bonchev–Trinajstić information content (AvgIpc) is 2.64. The lowest BCUT2D eigenvalue weighted by atomic mass is 10.1. The second-order valence-corrected chi connectivity index (χ2v) is 6.81. The minimum Gasteiger partial charge on any atom is -0.378 e. The van der Waals surface area contributed by atoms with Crippen LogP contribution in [0.2, 0.25) is 0 Å². The summed E-state index contributed by atoms with van der Waals surface area (Å²) in [7, 11) is 0. The van der Waals surface area contributed by atoms with Gasteiger partial charge in [-0.15, -0.1) is 0 Å². The molecule has 0 unspecified atom stereocenters. The number of aryl methyl sites for hydroxylation is 2. The summed E-state index contributed by atoms with van der Waals surface area (Å²) < 4.78 is 7.19. The number of ketones is 1. The first-order valence-electron chi connectivity index (χ1n) is 8.57. The number of aromatic nitrogens is 2. The molecule has 0 radical (unpaired) electrons. The first kappa shape index (κ1) is 17.6. The van der Waals surface area contributed by atoms with Gasteiger partial charge in [-0.1, -0.05) is 0 Å². The van der Waals surface area contributed by atoms with Crippen molar-refractivity contribution in [2.24, 2.45) is 5.92 Å². The Kier molecular flexibility index (Phi) is 4.89. The number of nitrogens with one attached hydrogen (secondary N) is 1. The minimum atomic E-state index is -0.311. The summed E-state index contributed by atoms with van der Waals surface area (Å²) in [5, 5.41) is 7.29. The van der Waals surface area contributed by atoms with E-state index in [1.807, 2.05) is 6.92 Å². The Balaban J connectivity index is 1.66. The molecule has 0 saturated carbocycles. The Morgan fingerprint density at radius 1 is 1.28 bits per heavy atom. The minimum absolute atomic E-state index is 0.00896. The van der Waals surface area contributed by atoms with Gasteiger partial charge in [0.1, 0.15) is 0 Å². The number of amides is 2. The molecule has 8 nitrogen and oxygen atoms in total. The Morgan fingerprint density at radius 2 is 2.04 bits per heavy atom. The van der Waals surface area contributed by atoms with Crippen LogP contribution in [0.4, 0.5) is 0 Å². The molecule has 0 spiro atoms. The maximum absolute atomic E-state index is 12.6. The van der Waals surface area contributed by atoms with Gasteiger partial charge in [0.15, 0.2) is 5.78 Å². The summed E-state index contributed by atoms with van der Waals surface area (Å²) in [6.45, 7) is 7.23. The maximum atomic E-state index is 12.6. The number of rotatable bonds is 4. The van der Waals surface area contributed by atoms with Gasteiger partial charge in [-0.3, -0.25) is 19.1 Å². The third-order valence-corrected chi connectivity index (χ3v) is 4.86. The van der Waals surface area contributed by atoms with Gasteiger partial charge in [0, 0.05) is 31.7 Å². The van der Waals surface area contributed by atoms with Crippen LogP contribution in [0.3, 0.4) is 0 Å². The van der Waals surface area contributed by atoms with E-state index in [0.29, 0.717) is 44.1 Å². The van der Waals surface area contributed by atoms with Gasteiger partial charge in [-0.2, -0.15) is 5.10 Å². The SMILES string of the molecule is CC(=O)c1c(C)nn(CCC(=O)N2C[C@H]3COC[C@@H](C2)C(=O)N3)c1C. The normalized spacial score (nSPS) is 23.2. The van der Waals surface area contributed by atoms with Crippen molar-refractivity contribution in [1.82, 2.24) is 20.0 Å². The summed E-state index contributed by atoms with van der Waals surface area (Å²) in [6, 6.07) is -0.151. The van der Waals surface area contributed by atoms with Crippen LogP contribution in [0.15, 0.2) is 0 Å². The molecule has 2 aliphatic heterocycles. The van der Waals surface area contributed by atoms with Crippen molar-refractivity contribution in [2.45, 2.75) is 39.8 Å². The average molecular weight is 348 g/mol. The van der Waals surface area contributed by atoms with Crippen LogP contribution < -0.4 is 5.32 Å². The van der Waals surface area contributed by atoms with Crippen molar-refractivity contribution >= 4 is 17.6 Å². The van der Waals surface area contributed by atoms with E-state index in [1.54, 1.807) is 16.5 Å². The lowest BCUT2D eigenvalue weighted by Crippen LogP contribution is -2.44. The molecule has 8 heteroatoms. The predicted molar refractivity (Wildman–Crippen MR) is 89.1 cm³/mol. The van der Waals surface area contributed by atoms with Gasteiger partial charge < -0.3 is 15.0 Å². The van der Waals surface area contributed by atoms with Gasteiger partial charge in [-0.25, -0.2) is 0 Å². The Morgan fingerprint density at radius 3 is 2.72 bits per heavy atom. The fourth-order valence-corrected chi connectivity index (χ4v) is 3.62. The highest BCUT2D eigenvalue weighted by atomic mass is 16.5. The largest absolute Gasteiger partial charge is 0.378 e. The molecule has 3 heterocycles. The van der Waals surface area contributed by atoms with Crippen LogP contribution in [0.1, 0.15) is 35.1 Å². The second kappa shape index (κ2) is 6.95. The van der Waals surface area contributed by atoms with Crippen LogP contribution in [-0.4, -0.2) is 64.6 Å². The molecule has 0 aromatic carbocycles. The van der Waals surface area contributed by atoms with Crippen molar-refractivity contribution in [2.75, 3.05) is 26.3 Å². The van der Waals surface area contributed by atoms with E-state index in [0.717, 1.165) is 5.69 Å². The van der Waals surface area contributed by atoms with Crippen LogP contribution in [0, 0.1) is 19.8 Å². The molecule has 0 aliphatic carbocycles. The molecular formula is C17H24N4O4. The molecule has 2 amide bonds. The summed E-state index contributed by atoms with van der Waals surface area (Å²) in [6.07, 6.45) is 0.286. The zero-order valence-corrected chi connectivity index (χ0v) is 14.9. The Labute approximate surface area is 146 Å². The molecule has 2 aliphatic rings. The van der Waals surface area contributed by atoms with Gasteiger partial charge in [0.05, 0.1) is 36.4 Å². The summed E-state index contributed by atoms with van der Waals surface area (Å²) in [4.78, 5) is 38.1. The van der Waals surface area contributed by atoms with Crippen molar-refractivity contribution in [3.63, 3.8) is 0 Å². The lowest BCUT2D eigenvalue weighted by Gasteiger charge is -2.27. The van der Waals surface area contributed by atoms with E-state index in [-0.39, 0.29) is 36.0 Å². The number of Topliss-reactive ketones (excluding diaryl/α,β-unsaturated/α-hetero) is 1. The van der Waals surface area contributed by atoms with Gasteiger partial charge in [0.2, 0.25) is 11.8 Å². The van der Waals surface area contributed by atoms with Crippen molar-refractivity contribution in [3.8, 4) is 0 Å². The first-order valence-corrected chi connectivity index (χ1v) is 8.57. The number of fused-ring (bicyclic) bond motifs is 3. The highest BCUT2D eigenvalue weighted by Gasteiger charge is 2.34. The van der Waals surface area contributed by atoms with Crippen molar-refractivity contribution in [3.05, 3.63) is 17.0 Å². The monoisotopic (exact) mass is 348 g/mol. The molecule has 2 bridgehead atoms. The summed E-state index contributed by atoms with van der Waals surface area (Å²) in [5.41, 5.74) is 2.10. The molecule has 2 fully saturated rings. The van der Waals surface area contributed by atoms with E-state index in [9.17, 15) is 14.4 Å². The number of nitrogens with zero attached hydrogens (tertiary/aromatic N) is 3. The lowest BCUT2D eigenvalue weighted by molar-refractivity contribution is -0.133.